The largest absolute Gasteiger partial charge is 0.355 e. The number of nitrogens with one attached hydrogen (secondary N) is 1. The van der Waals surface area contributed by atoms with Crippen LogP contribution in [0.1, 0.15) is 18.4 Å². The Kier molecular flexibility index (Phi) is 5.08. The number of hydrogen-bond acceptors (Lipinski definition) is 4. The molecule has 1 aromatic carbocycles. The van der Waals surface area contributed by atoms with Crippen LogP contribution in [0, 0.1) is 17.2 Å². The summed E-state index contributed by atoms with van der Waals surface area (Å²) in [5, 5.41) is 12.6. The molecule has 1 aliphatic rings. The second-order valence-corrected chi connectivity index (χ2v) is 6.09. The smallest absolute Gasteiger partial charge is 0.255 e. The molecule has 25 heavy (non-hydrogen) atoms. The van der Waals surface area contributed by atoms with Crippen LogP contribution in [0.4, 0.5) is 14.6 Å². The average Bonchev–Trinajstić information content (AvgIpc) is 2.65. The summed E-state index contributed by atoms with van der Waals surface area (Å²) in [5.74, 6) is -0.204. The number of rotatable bonds is 4. The van der Waals surface area contributed by atoms with Crippen LogP contribution in [-0.4, -0.2) is 37.0 Å². The average molecular weight is 344 g/mol. The second-order valence-electron chi connectivity index (χ2n) is 6.09. The molecule has 7 heteroatoms. The number of piperidine rings is 1. The van der Waals surface area contributed by atoms with Gasteiger partial charge in [-0.2, -0.15) is 5.26 Å². The van der Waals surface area contributed by atoms with Gasteiger partial charge in [0.2, 0.25) is 5.91 Å². The monoisotopic (exact) mass is 344 g/mol. The van der Waals surface area contributed by atoms with E-state index in [2.05, 4.69) is 16.4 Å². The SMILES string of the molecule is N#Cc1cc2ccccc2nc1N1CCCC(C(=O)NCC(F)F)C1. The van der Waals surface area contributed by atoms with Gasteiger partial charge in [0.1, 0.15) is 11.9 Å². The van der Waals surface area contributed by atoms with E-state index in [-0.39, 0.29) is 11.8 Å². The highest BCUT2D eigenvalue weighted by Gasteiger charge is 2.28. The summed E-state index contributed by atoms with van der Waals surface area (Å²) in [6.07, 6.45) is -1.18. The van der Waals surface area contributed by atoms with Gasteiger partial charge in [0.15, 0.2) is 0 Å². The van der Waals surface area contributed by atoms with Crippen LogP contribution in [-0.2, 0) is 4.79 Å². The standard InChI is InChI=1S/C18H18F2N4O/c19-16(20)10-22-18(25)13-5-3-7-24(11-13)17-14(9-21)8-12-4-1-2-6-15(12)23-17/h1-2,4,6,8,13,16H,3,5,7,10-11H2,(H,22,25). The van der Waals surface area contributed by atoms with Crippen molar-refractivity contribution in [3.63, 3.8) is 0 Å². The third kappa shape index (κ3) is 3.85. The first-order chi connectivity index (χ1) is 12.1. The van der Waals surface area contributed by atoms with Gasteiger partial charge in [0.25, 0.3) is 6.43 Å². The molecule has 0 spiro atoms. The van der Waals surface area contributed by atoms with Gasteiger partial charge < -0.3 is 10.2 Å². The van der Waals surface area contributed by atoms with E-state index in [0.29, 0.717) is 30.9 Å². The number of benzene rings is 1. The molecule has 1 fully saturated rings. The van der Waals surface area contributed by atoms with Gasteiger partial charge in [-0.3, -0.25) is 4.79 Å². The van der Waals surface area contributed by atoms with Gasteiger partial charge >= 0.3 is 0 Å². The number of halogens is 2. The lowest BCUT2D eigenvalue weighted by Gasteiger charge is -2.33. The fraction of sp³-hybridized carbons (Fsp3) is 0.389. The molecule has 0 aliphatic carbocycles. The molecule has 0 saturated carbocycles. The van der Waals surface area contributed by atoms with Crippen LogP contribution in [0.3, 0.4) is 0 Å². The number of alkyl halides is 2. The van der Waals surface area contributed by atoms with Crippen LogP contribution in [0.2, 0.25) is 0 Å². The van der Waals surface area contributed by atoms with Crippen molar-refractivity contribution >= 4 is 22.6 Å². The van der Waals surface area contributed by atoms with Crippen molar-refractivity contribution in [3.8, 4) is 6.07 Å². The Bertz CT molecular complexity index is 818. The molecular formula is C18H18F2N4O. The molecule has 1 saturated heterocycles. The summed E-state index contributed by atoms with van der Waals surface area (Å²) in [5.41, 5.74) is 1.23. The summed E-state index contributed by atoms with van der Waals surface area (Å²) in [6.45, 7) is 0.417. The normalized spacial score (nSPS) is 17.5. The molecule has 2 aromatic rings. The van der Waals surface area contributed by atoms with E-state index in [1.54, 1.807) is 6.07 Å². The summed E-state index contributed by atoms with van der Waals surface area (Å²) in [4.78, 5) is 18.6. The van der Waals surface area contributed by atoms with Crippen LogP contribution in [0.5, 0.6) is 0 Å². The van der Waals surface area contributed by atoms with Crippen molar-refractivity contribution in [2.75, 3.05) is 24.5 Å². The summed E-state index contributed by atoms with van der Waals surface area (Å²) in [6, 6.07) is 11.5. The van der Waals surface area contributed by atoms with Crippen molar-refractivity contribution in [2.24, 2.45) is 5.92 Å². The van der Waals surface area contributed by atoms with Crippen molar-refractivity contribution in [2.45, 2.75) is 19.3 Å². The zero-order chi connectivity index (χ0) is 17.8. The summed E-state index contributed by atoms with van der Waals surface area (Å²) < 4.78 is 24.6. The first kappa shape index (κ1) is 17.1. The summed E-state index contributed by atoms with van der Waals surface area (Å²) >= 11 is 0. The third-order valence-corrected chi connectivity index (χ3v) is 4.35. The zero-order valence-electron chi connectivity index (χ0n) is 13.6. The van der Waals surface area contributed by atoms with Gasteiger partial charge in [-0.25, -0.2) is 13.8 Å². The Morgan fingerprint density at radius 1 is 1.44 bits per heavy atom. The van der Waals surface area contributed by atoms with Crippen LogP contribution in [0.15, 0.2) is 30.3 Å². The molecule has 2 heterocycles. The van der Waals surface area contributed by atoms with Crippen LogP contribution >= 0.6 is 0 Å². The number of fused-ring (bicyclic) bond motifs is 1. The zero-order valence-corrected chi connectivity index (χ0v) is 13.6. The quantitative estimate of drug-likeness (QED) is 0.926. The lowest BCUT2D eigenvalue weighted by Crippen LogP contribution is -2.44. The van der Waals surface area contributed by atoms with Gasteiger partial charge in [-0.05, 0) is 25.0 Å². The van der Waals surface area contributed by atoms with Crippen molar-refractivity contribution in [3.05, 3.63) is 35.9 Å². The lowest BCUT2D eigenvalue weighted by atomic mass is 9.96. The number of nitrogens with zero attached hydrogens (tertiary/aromatic N) is 3. The number of aromatic nitrogens is 1. The minimum absolute atomic E-state index is 0.370. The first-order valence-electron chi connectivity index (χ1n) is 8.19. The van der Waals surface area contributed by atoms with E-state index in [4.69, 9.17) is 0 Å². The molecule has 1 amide bonds. The van der Waals surface area contributed by atoms with E-state index < -0.39 is 13.0 Å². The Morgan fingerprint density at radius 2 is 2.24 bits per heavy atom. The number of para-hydroxylation sites is 1. The number of carbonyl (C=O) groups is 1. The molecule has 0 radical (unpaired) electrons. The van der Waals surface area contributed by atoms with Gasteiger partial charge in [0, 0.05) is 18.5 Å². The number of hydrogen-bond donors (Lipinski definition) is 1. The highest BCUT2D eigenvalue weighted by molar-refractivity contribution is 5.83. The fourth-order valence-electron chi connectivity index (χ4n) is 3.13. The predicted molar refractivity (Wildman–Crippen MR) is 90.4 cm³/mol. The van der Waals surface area contributed by atoms with Crippen LogP contribution < -0.4 is 10.2 Å². The molecule has 0 bridgehead atoms. The molecule has 1 aliphatic heterocycles. The maximum absolute atomic E-state index is 12.3. The molecule has 1 unspecified atom stereocenters. The van der Waals surface area contributed by atoms with Crippen molar-refractivity contribution in [1.29, 1.82) is 5.26 Å². The topological polar surface area (TPSA) is 69.0 Å². The van der Waals surface area contributed by atoms with Crippen molar-refractivity contribution in [1.82, 2.24) is 10.3 Å². The van der Waals surface area contributed by atoms with Gasteiger partial charge in [-0.1, -0.05) is 18.2 Å². The third-order valence-electron chi connectivity index (χ3n) is 4.35. The van der Waals surface area contributed by atoms with Crippen LogP contribution in [0.25, 0.3) is 10.9 Å². The number of amides is 1. The molecule has 1 aromatic heterocycles. The van der Waals surface area contributed by atoms with E-state index in [1.165, 1.54) is 0 Å². The fourth-order valence-corrected chi connectivity index (χ4v) is 3.13. The van der Waals surface area contributed by atoms with E-state index in [0.717, 1.165) is 17.3 Å². The first-order valence-corrected chi connectivity index (χ1v) is 8.19. The molecular weight excluding hydrogens is 326 g/mol. The minimum atomic E-state index is -2.56. The maximum atomic E-state index is 12.3. The lowest BCUT2D eigenvalue weighted by molar-refractivity contribution is -0.125. The molecule has 3 rings (SSSR count). The molecule has 1 N–H and O–H groups in total. The molecule has 5 nitrogen and oxygen atoms in total. The second kappa shape index (κ2) is 7.43. The molecule has 1 atom stereocenters. The Balaban J connectivity index is 1.82. The predicted octanol–water partition coefficient (Wildman–Crippen LogP) is 2.70. The highest BCUT2D eigenvalue weighted by atomic mass is 19.3. The Labute approximate surface area is 144 Å². The summed E-state index contributed by atoms with van der Waals surface area (Å²) in [7, 11) is 0. The van der Waals surface area contributed by atoms with Gasteiger partial charge in [0.05, 0.1) is 23.5 Å². The van der Waals surface area contributed by atoms with E-state index in [1.807, 2.05) is 29.2 Å². The Morgan fingerprint density at radius 3 is 3.00 bits per heavy atom. The number of nitriles is 1. The maximum Gasteiger partial charge on any atom is 0.255 e. The number of pyridine rings is 1. The van der Waals surface area contributed by atoms with Gasteiger partial charge in [-0.15, -0.1) is 0 Å². The molecule has 130 valence electrons. The van der Waals surface area contributed by atoms with E-state index >= 15 is 0 Å². The highest BCUT2D eigenvalue weighted by Crippen LogP contribution is 2.27. The number of anilines is 1. The number of carbonyl (C=O) groups excluding carboxylic acids is 1. The van der Waals surface area contributed by atoms with E-state index in [9.17, 15) is 18.8 Å². The van der Waals surface area contributed by atoms with Crippen molar-refractivity contribution < 1.29 is 13.6 Å². The Hall–Kier alpha value is -2.75. The minimum Gasteiger partial charge on any atom is -0.355 e.